The minimum atomic E-state index is 0.914. The van der Waals surface area contributed by atoms with Crippen molar-refractivity contribution in [1.82, 2.24) is 14.8 Å². The van der Waals surface area contributed by atoms with E-state index in [1.54, 1.807) is 0 Å². The molecule has 3 nitrogen and oxygen atoms in total. The van der Waals surface area contributed by atoms with E-state index in [2.05, 4.69) is 85.4 Å². The quantitative estimate of drug-likeness (QED) is 0.652. The Bertz CT molecular complexity index is 865. The molecule has 0 spiro atoms. The van der Waals surface area contributed by atoms with Gasteiger partial charge in [0.25, 0.3) is 0 Å². The van der Waals surface area contributed by atoms with Crippen molar-refractivity contribution in [3.63, 3.8) is 0 Å². The van der Waals surface area contributed by atoms with Crippen LogP contribution >= 0.6 is 15.9 Å². The predicted octanol–water partition coefficient (Wildman–Crippen LogP) is 4.29. The molecule has 0 radical (unpaired) electrons. The van der Waals surface area contributed by atoms with Crippen LogP contribution in [0, 0.1) is 0 Å². The molecule has 2 heterocycles. The maximum absolute atomic E-state index is 3.58. The molecule has 1 fully saturated rings. The van der Waals surface area contributed by atoms with Gasteiger partial charge >= 0.3 is 0 Å². The number of nitrogens with one attached hydrogen (secondary N) is 1. The van der Waals surface area contributed by atoms with E-state index in [-0.39, 0.29) is 0 Å². The zero-order valence-corrected chi connectivity index (χ0v) is 16.7. The Balaban J connectivity index is 1.50. The maximum atomic E-state index is 3.58. The number of rotatable bonds is 6. The number of hydrogen-bond acceptors (Lipinski definition) is 2. The number of fused-ring (bicyclic) bond motifs is 1. The summed E-state index contributed by atoms with van der Waals surface area (Å²) in [6.45, 7) is 6.75. The summed E-state index contributed by atoms with van der Waals surface area (Å²) in [5.74, 6) is 0. The van der Waals surface area contributed by atoms with Gasteiger partial charge in [0.15, 0.2) is 0 Å². The molecule has 0 bridgehead atoms. The van der Waals surface area contributed by atoms with E-state index >= 15 is 0 Å². The highest BCUT2D eigenvalue weighted by Crippen LogP contribution is 2.24. The van der Waals surface area contributed by atoms with E-state index in [4.69, 9.17) is 0 Å². The smallest absolute Gasteiger partial charge is 0.0486 e. The summed E-state index contributed by atoms with van der Waals surface area (Å²) >= 11 is 3.58. The Hall–Kier alpha value is -1.62. The lowest BCUT2D eigenvalue weighted by molar-refractivity contribution is 0.238. The summed E-state index contributed by atoms with van der Waals surface area (Å²) in [4.78, 5) is 2.58. The predicted molar refractivity (Wildman–Crippen MR) is 113 cm³/mol. The molecule has 2 aromatic carbocycles. The van der Waals surface area contributed by atoms with E-state index in [9.17, 15) is 0 Å². The van der Waals surface area contributed by atoms with Gasteiger partial charge in [-0.2, -0.15) is 0 Å². The van der Waals surface area contributed by atoms with Crippen molar-refractivity contribution in [3.05, 3.63) is 70.3 Å². The highest BCUT2D eigenvalue weighted by atomic mass is 79.9. The van der Waals surface area contributed by atoms with Gasteiger partial charge in [-0.3, -0.25) is 0 Å². The number of piperazine rings is 1. The van der Waals surface area contributed by atoms with E-state index in [0.29, 0.717) is 0 Å². The number of hydrogen-bond donors (Lipinski definition) is 1. The first-order valence-electron chi connectivity index (χ1n) is 9.54. The minimum Gasteiger partial charge on any atom is -0.343 e. The van der Waals surface area contributed by atoms with Gasteiger partial charge in [0.05, 0.1) is 0 Å². The second-order valence-corrected chi connectivity index (χ2v) is 8.04. The lowest BCUT2D eigenvalue weighted by Crippen LogP contribution is -2.43. The maximum Gasteiger partial charge on any atom is 0.0486 e. The lowest BCUT2D eigenvalue weighted by atomic mass is 10.1. The van der Waals surface area contributed by atoms with Crippen LogP contribution < -0.4 is 5.32 Å². The summed E-state index contributed by atoms with van der Waals surface area (Å²) in [5, 5.41) is 4.83. The zero-order chi connectivity index (χ0) is 17.8. The van der Waals surface area contributed by atoms with Crippen LogP contribution in [-0.4, -0.2) is 42.2 Å². The number of aromatic nitrogens is 1. The Labute approximate surface area is 164 Å². The Morgan fingerprint density at radius 3 is 2.69 bits per heavy atom. The molecular weight excluding hydrogens is 386 g/mol. The monoisotopic (exact) mass is 411 g/mol. The summed E-state index contributed by atoms with van der Waals surface area (Å²) in [6.07, 6.45) is 4.74. The average molecular weight is 412 g/mol. The van der Waals surface area contributed by atoms with Crippen molar-refractivity contribution in [2.75, 3.05) is 32.7 Å². The molecule has 1 aliphatic heterocycles. The Morgan fingerprint density at radius 2 is 1.85 bits per heavy atom. The molecule has 3 aromatic rings. The molecule has 136 valence electrons. The second-order valence-electron chi connectivity index (χ2n) is 7.12. The minimum absolute atomic E-state index is 0.914. The molecule has 26 heavy (non-hydrogen) atoms. The van der Waals surface area contributed by atoms with E-state index < -0.39 is 0 Å². The molecule has 4 rings (SSSR count). The van der Waals surface area contributed by atoms with Crippen LogP contribution in [0.1, 0.15) is 17.5 Å². The summed E-state index contributed by atoms with van der Waals surface area (Å²) < 4.78 is 3.54. The first-order chi connectivity index (χ1) is 12.8. The molecule has 1 N–H and O–H groups in total. The normalized spacial score (nSPS) is 15.6. The first kappa shape index (κ1) is 17.8. The standard InChI is InChI=1S/C22H26BrN3/c23-20-7-3-5-18(15-20)16-26-17-19(21-8-1-2-9-22(21)26)6-4-12-25-13-10-24-11-14-25/h1-3,5,7-9,15,17,24H,4,6,10-14,16H2. The van der Waals surface area contributed by atoms with Crippen molar-refractivity contribution in [3.8, 4) is 0 Å². The summed E-state index contributed by atoms with van der Waals surface area (Å²) in [7, 11) is 0. The molecular formula is C22H26BrN3. The van der Waals surface area contributed by atoms with Gasteiger partial charge in [-0.1, -0.05) is 46.3 Å². The van der Waals surface area contributed by atoms with E-state index in [0.717, 1.165) is 30.5 Å². The molecule has 0 aliphatic carbocycles. The van der Waals surface area contributed by atoms with Crippen molar-refractivity contribution in [2.24, 2.45) is 0 Å². The molecule has 0 saturated carbocycles. The summed E-state index contributed by atoms with van der Waals surface area (Å²) in [6, 6.07) is 17.4. The fourth-order valence-electron chi connectivity index (χ4n) is 3.91. The lowest BCUT2D eigenvalue weighted by Gasteiger charge is -2.26. The number of para-hydroxylation sites is 1. The van der Waals surface area contributed by atoms with Gasteiger partial charge in [0, 0.05) is 54.3 Å². The SMILES string of the molecule is Brc1cccc(Cn2cc(CCCN3CCNCC3)c3ccccc32)c1. The molecule has 1 saturated heterocycles. The van der Waals surface area contributed by atoms with Crippen LogP contribution in [0.15, 0.2) is 59.2 Å². The Kier molecular flexibility index (Phi) is 5.73. The van der Waals surface area contributed by atoms with Crippen LogP contribution in [-0.2, 0) is 13.0 Å². The average Bonchev–Trinajstić information content (AvgIpc) is 3.01. The number of halogens is 1. The first-order valence-corrected chi connectivity index (χ1v) is 10.3. The highest BCUT2D eigenvalue weighted by Gasteiger charge is 2.11. The van der Waals surface area contributed by atoms with Crippen LogP contribution in [0.25, 0.3) is 10.9 Å². The molecule has 0 atom stereocenters. The highest BCUT2D eigenvalue weighted by molar-refractivity contribution is 9.10. The molecule has 4 heteroatoms. The Morgan fingerprint density at radius 1 is 1.00 bits per heavy atom. The third-order valence-corrected chi connectivity index (χ3v) is 5.74. The van der Waals surface area contributed by atoms with Crippen molar-refractivity contribution >= 4 is 26.8 Å². The second kappa shape index (κ2) is 8.38. The molecule has 1 aromatic heterocycles. The fraction of sp³-hybridized carbons (Fsp3) is 0.364. The van der Waals surface area contributed by atoms with E-state index in [1.807, 2.05) is 0 Å². The van der Waals surface area contributed by atoms with Crippen LogP contribution in [0.2, 0.25) is 0 Å². The fourth-order valence-corrected chi connectivity index (χ4v) is 4.36. The van der Waals surface area contributed by atoms with Crippen LogP contribution in [0.5, 0.6) is 0 Å². The van der Waals surface area contributed by atoms with Crippen molar-refractivity contribution < 1.29 is 0 Å². The summed E-state index contributed by atoms with van der Waals surface area (Å²) in [5.41, 5.74) is 4.14. The largest absolute Gasteiger partial charge is 0.343 e. The van der Waals surface area contributed by atoms with Gasteiger partial charge in [0.2, 0.25) is 0 Å². The third-order valence-electron chi connectivity index (χ3n) is 5.24. The van der Waals surface area contributed by atoms with Gasteiger partial charge in [-0.15, -0.1) is 0 Å². The van der Waals surface area contributed by atoms with Gasteiger partial charge in [-0.25, -0.2) is 0 Å². The van der Waals surface area contributed by atoms with Gasteiger partial charge in [-0.05, 0) is 48.7 Å². The molecule has 0 unspecified atom stereocenters. The van der Waals surface area contributed by atoms with Crippen molar-refractivity contribution in [2.45, 2.75) is 19.4 Å². The zero-order valence-electron chi connectivity index (χ0n) is 15.1. The number of nitrogens with zero attached hydrogens (tertiary/aromatic N) is 2. The van der Waals surface area contributed by atoms with Crippen LogP contribution in [0.4, 0.5) is 0 Å². The number of benzene rings is 2. The molecule has 0 amide bonds. The van der Waals surface area contributed by atoms with E-state index in [1.165, 1.54) is 48.1 Å². The third kappa shape index (κ3) is 4.20. The topological polar surface area (TPSA) is 20.2 Å². The number of aryl methyl sites for hydroxylation is 1. The molecule has 1 aliphatic rings. The van der Waals surface area contributed by atoms with Crippen molar-refractivity contribution in [1.29, 1.82) is 0 Å². The van der Waals surface area contributed by atoms with Crippen LogP contribution in [0.3, 0.4) is 0 Å². The van der Waals surface area contributed by atoms with Gasteiger partial charge in [0.1, 0.15) is 0 Å². The van der Waals surface area contributed by atoms with Gasteiger partial charge < -0.3 is 14.8 Å².